The number of benzene rings is 2. The number of amides is 1. The van der Waals surface area contributed by atoms with Crippen molar-refractivity contribution in [3.63, 3.8) is 0 Å². The van der Waals surface area contributed by atoms with Gasteiger partial charge in [0.25, 0.3) is 5.91 Å². The van der Waals surface area contributed by atoms with Gasteiger partial charge < -0.3 is 24.4 Å². The highest BCUT2D eigenvalue weighted by molar-refractivity contribution is 6.30. The molecule has 0 aliphatic carbocycles. The maximum absolute atomic E-state index is 12.3. The van der Waals surface area contributed by atoms with Crippen LogP contribution in [0.3, 0.4) is 0 Å². The average molecular weight is 419 g/mol. The van der Waals surface area contributed by atoms with Gasteiger partial charge in [0.1, 0.15) is 5.75 Å². The van der Waals surface area contributed by atoms with E-state index in [1.165, 1.54) is 6.92 Å². The molecule has 1 atom stereocenters. The van der Waals surface area contributed by atoms with Crippen LogP contribution in [0.4, 0.5) is 11.4 Å². The van der Waals surface area contributed by atoms with E-state index in [2.05, 4.69) is 10.2 Å². The minimum atomic E-state index is -0.954. The summed E-state index contributed by atoms with van der Waals surface area (Å²) < 4.78 is 15.8. The molecule has 1 heterocycles. The normalized spacial score (nSPS) is 14.8. The standard InChI is InChI=1S/C21H23ClN2O5/c1-15(29-20(25)14-28-19-4-2-3-16(22)13-19)21(26)23-17-5-7-18(8-6-17)24-9-11-27-12-10-24/h2-8,13,15H,9-12,14H2,1H3,(H,23,26)/t15-/m0/s1. The topological polar surface area (TPSA) is 77.1 Å². The molecule has 8 heteroatoms. The van der Waals surface area contributed by atoms with Gasteiger partial charge in [0.05, 0.1) is 13.2 Å². The Morgan fingerprint density at radius 2 is 1.90 bits per heavy atom. The predicted molar refractivity (Wildman–Crippen MR) is 111 cm³/mol. The molecular formula is C21H23ClN2O5. The van der Waals surface area contributed by atoms with E-state index in [-0.39, 0.29) is 6.61 Å². The number of carbonyl (C=O) groups excluding carboxylic acids is 2. The summed E-state index contributed by atoms with van der Waals surface area (Å²) in [6.07, 6.45) is -0.954. The molecule has 1 N–H and O–H groups in total. The molecule has 2 aromatic rings. The van der Waals surface area contributed by atoms with Crippen LogP contribution in [-0.2, 0) is 19.1 Å². The Morgan fingerprint density at radius 1 is 1.17 bits per heavy atom. The minimum absolute atomic E-state index is 0.313. The third kappa shape index (κ3) is 6.37. The van der Waals surface area contributed by atoms with Gasteiger partial charge in [-0.3, -0.25) is 4.79 Å². The fourth-order valence-corrected chi connectivity index (χ4v) is 2.99. The van der Waals surface area contributed by atoms with Crippen molar-refractivity contribution in [2.75, 3.05) is 43.1 Å². The molecule has 1 aliphatic heterocycles. The van der Waals surface area contributed by atoms with Crippen molar-refractivity contribution >= 4 is 34.9 Å². The zero-order valence-corrected chi connectivity index (χ0v) is 16.9. The molecular weight excluding hydrogens is 396 g/mol. The second kappa shape index (κ2) is 10.1. The van der Waals surface area contributed by atoms with Crippen molar-refractivity contribution in [3.05, 3.63) is 53.6 Å². The number of rotatable bonds is 7. The van der Waals surface area contributed by atoms with Crippen molar-refractivity contribution in [2.45, 2.75) is 13.0 Å². The van der Waals surface area contributed by atoms with E-state index in [0.717, 1.165) is 18.8 Å². The first-order valence-corrected chi connectivity index (χ1v) is 9.70. The van der Waals surface area contributed by atoms with Crippen molar-refractivity contribution in [2.24, 2.45) is 0 Å². The Balaban J connectivity index is 1.45. The molecule has 0 aromatic heterocycles. The highest BCUT2D eigenvalue weighted by atomic mass is 35.5. The smallest absolute Gasteiger partial charge is 0.344 e. The zero-order chi connectivity index (χ0) is 20.6. The molecule has 2 aromatic carbocycles. The van der Waals surface area contributed by atoms with E-state index in [4.69, 9.17) is 25.8 Å². The maximum atomic E-state index is 12.3. The lowest BCUT2D eigenvalue weighted by Crippen LogP contribution is -2.36. The molecule has 1 amide bonds. The van der Waals surface area contributed by atoms with Gasteiger partial charge in [0.2, 0.25) is 0 Å². The third-order valence-electron chi connectivity index (χ3n) is 4.34. The summed E-state index contributed by atoms with van der Waals surface area (Å²) in [7, 11) is 0. The maximum Gasteiger partial charge on any atom is 0.344 e. The average Bonchev–Trinajstić information content (AvgIpc) is 2.73. The summed E-state index contributed by atoms with van der Waals surface area (Å²) in [6, 6.07) is 14.2. The van der Waals surface area contributed by atoms with Gasteiger partial charge in [-0.05, 0) is 49.4 Å². The minimum Gasteiger partial charge on any atom is -0.482 e. The highest BCUT2D eigenvalue weighted by Crippen LogP contribution is 2.19. The van der Waals surface area contributed by atoms with Gasteiger partial charge >= 0.3 is 5.97 Å². The molecule has 0 saturated carbocycles. The van der Waals surface area contributed by atoms with Crippen LogP contribution in [0.5, 0.6) is 5.75 Å². The van der Waals surface area contributed by atoms with Gasteiger partial charge in [0.15, 0.2) is 12.7 Å². The number of hydrogen-bond donors (Lipinski definition) is 1. The molecule has 1 saturated heterocycles. The quantitative estimate of drug-likeness (QED) is 0.696. The Morgan fingerprint density at radius 3 is 2.59 bits per heavy atom. The lowest BCUT2D eigenvalue weighted by molar-refractivity contribution is -0.155. The summed E-state index contributed by atoms with van der Waals surface area (Å²) in [5.74, 6) is -0.609. The Hall–Kier alpha value is -2.77. The van der Waals surface area contributed by atoms with Crippen LogP contribution in [0, 0.1) is 0 Å². The number of carbonyl (C=O) groups is 2. The number of nitrogens with one attached hydrogen (secondary N) is 1. The van der Waals surface area contributed by atoms with Crippen LogP contribution in [-0.4, -0.2) is 50.9 Å². The largest absolute Gasteiger partial charge is 0.482 e. The van der Waals surface area contributed by atoms with Gasteiger partial charge in [-0.1, -0.05) is 17.7 Å². The highest BCUT2D eigenvalue weighted by Gasteiger charge is 2.19. The zero-order valence-electron chi connectivity index (χ0n) is 16.1. The third-order valence-corrected chi connectivity index (χ3v) is 4.58. The van der Waals surface area contributed by atoms with Crippen LogP contribution < -0.4 is 15.0 Å². The lowest BCUT2D eigenvalue weighted by Gasteiger charge is -2.28. The van der Waals surface area contributed by atoms with E-state index in [0.29, 0.717) is 29.7 Å². The molecule has 0 spiro atoms. The van der Waals surface area contributed by atoms with Crippen LogP contribution in [0.2, 0.25) is 5.02 Å². The molecule has 1 aliphatic rings. The summed E-state index contributed by atoms with van der Waals surface area (Å²) >= 11 is 5.86. The number of halogens is 1. The summed E-state index contributed by atoms with van der Waals surface area (Å²) in [5.41, 5.74) is 1.70. The Labute approximate surface area is 174 Å². The van der Waals surface area contributed by atoms with Gasteiger partial charge in [-0.25, -0.2) is 4.79 Å². The second-order valence-corrected chi connectivity index (χ2v) is 6.95. The number of hydrogen-bond acceptors (Lipinski definition) is 6. The van der Waals surface area contributed by atoms with E-state index >= 15 is 0 Å². The monoisotopic (exact) mass is 418 g/mol. The first-order valence-electron chi connectivity index (χ1n) is 9.33. The predicted octanol–water partition coefficient (Wildman–Crippen LogP) is 3.13. The van der Waals surface area contributed by atoms with Crippen molar-refractivity contribution in [3.8, 4) is 5.75 Å². The fraction of sp³-hybridized carbons (Fsp3) is 0.333. The first kappa shape index (κ1) is 21.0. The SMILES string of the molecule is C[C@H](OC(=O)COc1cccc(Cl)c1)C(=O)Nc1ccc(N2CCOCC2)cc1. The molecule has 3 rings (SSSR count). The van der Waals surface area contributed by atoms with Crippen LogP contribution >= 0.6 is 11.6 Å². The molecule has 0 unspecified atom stereocenters. The lowest BCUT2D eigenvalue weighted by atomic mass is 10.2. The van der Waals surface area contributed by atoms with Crippen LogP contribution in [0.15, 0.2) is 48.5 Å². The molecule has 1 fully saturated rings. The van der Waals surface area contributed by atoms with Crippen molar-refractivity contribution < 1.29 is 23.8 Å². The number of nitrogens with zero attached hydrogens (tertiary/aromatic N) is 1. The number of morpholine rings is 1. The van der Waals surface area contributed by atoms with Gasteiger partial charge in [0, 0.05) is 29.5 Å². The molecule has 0 radical (unpaired) electrons. The first-order chi connectivity index (χ1) is 14.0. The number of anilines is 2. The van der Waals surface area contributed by atoms with E-state index in [1.807, 2.05) is 24.3 Å². The van der Waals surface area contributed by atoms with Crippen molar-refractivity contribution in [1.29, 1.82) is 0 Å². The van der Waals surface area contributed by atoms with E-state index in [9.17, 15) is 9.59 Å². The molecule has 0 bridgehead atoms. The van der Waals surface area contributed by atoms with Gasteiger partial charge in [-0.2, -0.15) is 0 Å². The Bertz CT molecular complexity index is 837. The summed E-state index contributed by atoms with van der Waals surface area (Å²) in [5, 5.41) is 3.24. The summed E-state index contributed by atoms with van der Waals surface area (Å²) in [4.78, 5) is 26.4. The number of ether oxygens (including phenoxy) is 3. The molecule has 29 heavy (non-hydrogen) atoms. The molecule has 7 nitrogen and oxygen atoms in total. The number of esters is 1. The Kier molecular flexibility index (Phi) is 7.32. The fourth-order valence-electron chi connectivity index (χ4n) is 2.80. The second-order valence-electron chi connectivity index (χ2n) is 6.51. The van der Waals surface area contributed by atoms with Crippen molar-refractivity contribution in [1.82, 2.24) is 0 Å². The van der Waals surface area contributed by atoms with Crippen LogP contribution in [0.25, 0.3) is 0 Å². The molecule has 154 valence electrons. The van der Waals surface area contributed by atoms with Gasteiger partial charge in [-0.15, -0.1) is 0 Å². The van der Waals surface area contributed by atoms with E-state index in [1.54, 1.807) is 24.3 Å². The summed E-state index contributed by atoms with van der Waals surface area (Å²) in [6.45, 7) is 4.30. The van der Waals surface area contributed by atoms with E-state index < -0.39 is 18.0 Å². The van der Waals surface area contributed by atoms with Crippen LogP contribution in [0.1, 0.15) is 6.92 Å².